The Kier molecular flexibility index (Phi) is 4.98. The van der Waals surface area contributed by atoms with Crippen molar-refractivity contribution < 1.29 is 9.30 Å². The van der Waals surface area contributed by atoms with E-state index in [0.717, 1.165) is 11.4 Å². The lowest BCUT2D eigenvalue weighted by Gasteiger charge is -2.34. The van der Waals surface area contributed by atoms with E-state index in [2.05, 4.69) is 9.98 Å². The Bertz CT molecular complexity index is 324. The highest BCUT2D eigenvalue weighted by atomic mass is 32.7. The van der Waals surface area contributed by atoms with Crippen molar-refractivity contribution in [1.29, 1.82) is 0 Å². The second kappa shape index (κ2) is 6.03. The van der Waals surface area contributed by atoms with Gasteiger partial charge < -0.3 is 16.2 Å². The topological polar surface area (TPSA) is 106 Å². The van der Waals surface area contributed by atoms with E-state index in [1.54, 1.807) is 4.90 Å². The van der Waals surface area contributed by atoms with Gasteiger partial charge in [-0.15, -0.1) is 0 Å². The lowest BCUT2D eigenvalue weighted by Crippen LogP contribution is -2.52. The smallest absolute Gasteiger partial charge is 0.234 e. The van der Waals surface area contributed by atoms with Gasteiger partial charge in [0.2, 0.25) is 25.9 Å². The average Bonchev–Trinajstić information content (AvgIpc) is 2.17. The first kappa shape index (κ1) is 13.2. The minimum absolute atomic E-state index is 0.0388. The van der Waals surface area contributed by atoms with E-state index in [1.807, 2.05) is 13.8 Å². The summed E-state index contributed by atoms with van der Waals surface area (Å²) in [6, 6.07) is 0. The fourth-order valence-corrected chi connectivity index (χ4v) is 2.35. The Morgan fingerprint density at radius 2 is 2.38 bits per heavy atom. The average molecular weight is 263 g/mol. The quantitative estimate of drug-likeness (QED) is 0.701. The molecule has 0 spiro atoms. The van der Waals surface area contributed by atoms with Crippen LogP contribution < -0.4 is 11.5 Å². The summed E-state index contributed by atoms with van der Waals surface area (Å²) in [5.41, 5.74) is 11.2. The first-order valence-corrected chi connectivity index (χ1v) is 6.95. The zero-order valence-electron chi connectivity index (χ0n) is 9.03. The number of rotatable bonds is 5. The Labute approximate surface area is 99.3 Å². The fourth-order valence-electron chi connectivity index (χ4n) is 1.24. The molecule has 0 aromatic heterocycles. The van der Waals surface area contributed by atoms with Gasteiger partial charge in [-0.3, -0.25) is 9.46 Å². The highest BCUT2D eigenvalue weighted by Gasteiger charge is 2.29. The first-order valence-electron chi connectivity index (χ1n) is 4.66. The summed E-state index contributed by atoms with van der Waals surface area (Å²) in [7, 11) is -0.0388. The molecular weight excluding hydrogens is 249 g/mol. The molecule has 1 rings (SSSR count). The van der Waals surface area contributed by atoms with Crippen LogP contribution >= 0.6 is 19.0 Å². The van der Waals surface area contributed by atoms with Crippen LogP contribution in [0.4, 0.5) is 0 Å². The highest BCUT2D eigenvalue weighted by molar-refractivity contribution is 8.46. The van der Waals surface area contributed by atoms with Crippen LogP contribution in [0.1, 0.15) is 13.8 Å². The molecule has 1 aliphatic heterocycles. The van der Waals surface area contributed by atoms with Crippen molar-refractivity contribution in [2.45, 2.75) is 25.6 Å². The predicted molar refractivity (Wildman–Crippen MR) is 65.2 cm³/mol. The number of hydrogen-bond acceptors (Lipinski definition) is 8. The summed E-state index contributed by atoms with van der Waals surface area (Å²) < 4.78 is 15.9. The molecule has 9 heteroatoms. The van der Waals surface area contributed by atoms with Crippen LogP contribution in [0, 0.1) is 0 Å². The molecule has 7 nitrogen and oxygen atoms in total. The molecule has 0 saturated carbocycles. The summed E-state index contributed by atoms with van der Waals surface area (Å²) in [6.07, 6.45) is -0.605. The van der Waals surface area contributed by atoms with Gasteiger partial charge in [-0.2, -0.15) is 9.98 Å². The molecule has 0 radical (unpaired) electrons. The molecule has 0 saturated heterocycles. The maximum absolute atomic E-state index is 10.5. The number of aliphatic imine (C=N–C) groups is 2. The van der Waals surface area contributed by atoms with Crippen LogP contribution in [0.3, 0.4) is 0 Å². The number of nitrogens with two attached hydrogens (primary N) is 2. The van der Waals surface area contributed by atoms with E-state index in [0.29, 0.717) is 6.61 Å². The third-order valence-corrected chi connectivity index (χ3v) is 3.67. The molecule has 0 aromatic rings. The van der Waals surface area contributed by atoms with Crippen LogP contribution in [0.2, 0.25) is 0 Å². The van der Waals surface area contributed by atoms with Crippen molar-refractivity contribution in [3.8, 4) is 0 Å². The molecule has 1 aliphatic rings. The molecule has 1 heterocycles. The second-order valence-corrected chi connectivity index (χ2v) is 5.05. The SMILES string of the molecule is CCOC1N=C(N)N=C(N)N1C(C)SP=O. The first-order chi connectivity index (χ1) is 7.60. The molecular formula is C7H14N5O2PS. The third-order valence-electron chi connectivity index (χ3n) is 1.88. The van der Waals surface area contributed by atoms with Crippen LogP contribution in [0.5, 0.6) is 0 Å². The minimum atomic E-state index is -0.605. The lowest BCUT2D eigenvalue weighted by atomic mass is 10.5. The van der Waals surface area contributed by atoms with E-state index >= 15 is 0 Å². The number of nitrogens with zero attached hydrogens (tertiary/aromatic N) is 3. The van der Waals surface area contributed by atoms with Crippen LogP contribution in [-0.4, -0.2) is 35.2 Å². The summed E-state index contributed by atoms with van der Waals surface area (Å²) in [6.45, 7) is 4.15. The van der Waals surface area contributed by atoms with Crippen LogP contribution in [-0.2, 0) is 9.30 Å². The highest BCUT2D eigenvalue weighted by Crippen LogP contribution is 2.28. The maximum Gasteiger partial charge on any atom is 0.234 e. The van der Waals surface area contributed by atoms with Gasteiger partial charge in [0.05, 0.1) is 5.37 Å². The minimum Gasteiger partial charge on any atom is -0.369 e. The van der Waals surface area contributed by atoms with Crippen molar-refractivity contribution in [3.05, 3.63) is 0 Å². The van der Waals surface area contributed by atoms with Gasteiger partial charge in [-0.1, -0.05) is 0 Å². The van der Waals surface area contributed by atoms with Gasteiger partial charge in [0.15, 0.2) is 0 Å². The molecule has 0 amide bonds. The van der Waals surface area contributed by atoms with Crippen molar-refractivity contribution in [2.24, 2.45) is 21.5 Å². The van der Waals surface area contributed by atoms with Gasteiger partial charge in [-0.05, 0) is 25.2 Å². The van der Waals surface area contributed by atoms with Gasteiger partial charge in [0.1, 0.15) is 0 Å². The normalized spacial score (nSPS) is 22.9. The molecule has 2 atom stereocenters. The number of guanidine groups is 2. The summed E-state index contributed by atoms with van der Waals surface area (Å²) >= 11 is 1.16. The molecule has 16 heavy (non-hydrogen) atoms. The molecule has 0 fully saturated rings. The van der Waals surface area contributed by atoms with E-state index in [4.69, 9.17) is 16.2 Å². The Hall–Kier alpha value is -0.850. The third kappa shape index (κ3) is 3.07. The lowest BCUT2D eigenvalue weighted by molar-refractivity contribution is -0.0180. The van der Waals surface area contributed by atoms with E-state index in [9.17, 15) is 4.57 Å². The Balaban J connectivity index is 2.86. The Morgan fingerprint density at radius 1 is 1.69 bits per heavy atom. The van der Waals surface area contributed by atoms with Gasteiger partial charge in [-0.25, -0.2) is 0 Å². The molecule has 0 bridgehead atoms. The van der Waals surface area contributed by atoms with E-state index in [-0.39, 0.29) is 25.0 Å². The number of hydrogen-bond donors (Lipinski definition) is 2. The molecule has 90 valence electrons. The summed E-state index contributed by atoms with van der Waals surface area (Å²) in [4.78, 5) is 9.49. The van der Waals surface area contributed by atoms with Crippen molar-refractivity contribution in [1.82, 2.24) is 4.90 Å². The molecule has 4 N–H and O–H groups in total. The summed E-state index contributed by atoms with van der Waals surface area (Å²) in [5.74, 6) is 0.304. The van der Waals surface area contributed by atoms with Crippen LogP contribution in [0.25, 0.3) is 0 Å². The van der Waals surface area contributed by atoms with Gasteiger partial charge in [0.25, 0.3) is 0 Å². The van der Waals surface area contributed by atoms with Gasteiger partial charge in [0, 0.05) is 6.61 Å². The summed E-state index contributed by atoms with van der Waals surface area (Å²) in [5, 5.41) is -0.170. The zero-order chi connectivity index (χ0) is 12.1. The maximum atomic E-state index is 10.5. The monoisotopic (exact) mass is 263 g/mol. The molecule has 0 aromatic carbocycles. The van der Waals surface area contributed by atoms with E-state index in [1.165, 1.54) is 0 Å². The van der Waals surface area contributed by atoms with Crippen LogP contribution in [0.15, 0.2) is 9.98 Å². The molecule has 2 unspecified atom stereocenters. The molecule has 0 aliphatic carbocycles. The number of ether oxygens (including phenoxy) is 1. The van der Waals surface area contributed by atoms with Gasteiger partial charge >= 0.3 is 0 Å². The second-order valence-electron chi connectivity index (χ2n) is 2.93. The van der Waals surface area contributed by atoms with Crippen molar-refractivity contribution >= 4 is 31.0 Å². The van der Waals surface area contributed by atoms with Crippen molar-refractivity contribution in [2.75, 3.05) is 6.61 Å². The Morgan fingerprint density at radius 3 is 2.94 bits per heavy atom. The zero-order valence-corrected chi connectivity index (χ0v) is 10.7. The fraction of sp³-hybridized carbons (Fsp3) is 0.714. The largest absolute Gasteiger partial charge is 0.369 e. The van der Waals surface area contributed by atoms with E-state index < -0.39 is 6.35 Å². The predicted octanol–water partition coefficient (Wildman–Crippen LogP) is 0.537. The standard InChI is InChI=1S/C7H14N5O2PS/c1-3-14-7-11-5(8)10-6(9)12(7)4(2)16-15-13/h4,7H,3H2,1-2H3,(H4,8,9,10,11). The van der Waals surface area contributed by atoms with Crippen molar-refractivity contribution in [3.63, 3.8) is 0 Å².